The first-order valence-electron chi connectivity index (χ1n) is 5.39. The number of carbonyl (C=O) groups is 1. The van der Waals surface area contributed by atoms with E-state index in [2.05, 4.69) is 10.2 Å². The Bertz CT molecular complexity index is 697. The van der Waals surface area contributed by atoms with Crippen LogP contribution in [0, 0.1) is 5.82 Å². The minimum Gasteiger partial charge on any atom is -0.497 e. The molecule has 1 heterocycles. The maximum absolute atomic E-state index is 13.8. The fraction of sp³-hybridized carbons (Fsp3) is 0.182. The third-order valence-electron chi connectivity index (χ3n) is 2.36. The van der Waals surface area contributed by atoms with Crippen molar-refractivity contribution in [2.75, 3.05) is 12.9 Å². The zero-order chi connectivity index (χ0) is 14.7. The topological polar surface area (TPSA) is 97.2 Å². The van der Waals surface area contributed by atoms with Crippen molar-refractivity contribution in [3.05, 3.63) is 34.5 Å². The number of methoxy groups -OCH3 is 1. The minimum atomic E-state index is -1.07. The van der Waals surface area contributed by atoms with Crippen LogP contribution in [-0.4, -0.2) is 38.7 Å². The van der Waals surface area contributed by atoms with E-state index in [-0.39, 0.29) is 16.6 Å². The molecule has 0 aliphatic rings. The Hall–Kier alpha value is -2.29. The first kappa shape index (κ1) is 14.1. The highest BCUT2D eigenvalue weighted by molar-refractivity contribution is 7.99. The van der Waals surface area contributed by atoms with Gasteiger partial charge >= 0.3 is 11.7 Å². The maximum atomic E-state index is 13.8. The highest BCUT2D eigenvalue weighted by Gasteiger charge is 2.16. The third-order valence-corrected chi connectivity index (χ3v) is 3.28. The van der Waals surface area contributed by atoms with Crippen molar-refractivity contribution < 1.29 is 19.0 Å². The Morgan fingerprint density at radius 1 is 1.60 bits per heavy atom. The van der Waals surface area contributed by atoms with E-state index >= 15 is 0 Å². The van der Waals surface area contributed by atoms with Crippen LogP contribution in [0.5, 0.6) is 5.75 Å². The van der Waals surface area contributed by atoms with Crippen LogP contribution in [0.2, 0.25) is 0 Å². The Labute approximate surface area is 116 Å². The number of carboxylic acid groups (broad SMARTS) is 1. The van der Waals surface area contributed by atoms with Crippen LogP contribution in [0.15, 0.2) is 28.2 Å². The summed E-state index contributed by atoms with van der Waals surface area (Å²) < 4.78 is 19.8. The summed E-state index contributed by atoms with van der Waals surface area (Å²) in [5.41, 5.74) is -0.721. The summed E-state index contributed by atoms with van der Waals surface area (Å²) in [5.74, 6) is -1.64. The number of aliphatic carboxylic acids is 1. The Morgan fingerprint density at radius 3 is 3.00 bits per heavy atom. The van der Waals surface area contributed by atoms with Crippen molar-refractivity contribution in [3.63, 3.8) is 0 Å². The number of carboxylic acids is 1. The lowest BCUT2D eigenvalue weighted by atomic mass is 10.3. The first-order chi connectivity index (χ1) is 9.52. The van der Waals surface area contributed by atoms with Crippen LogP contribution in [0.1, 0.15) is 0 Å². The summed E-state index contributed by atoms with van der Waals surface area (Å²) in [6.07, 6.45) is 0. The molecule has 0 bridgehead atoms. The number of rotatable bonds is 5. The zero-order valence-electron chi connectivity index (χ0n) is 10.3. The van der Waals surface area contributed by atoms with E-state index in [1.54, 1.807) is 0 Å². The normalized spacial score (nSPS) is 10.5. The van der Waals surface area contributed by atoms with Gasteiger partial charge in [-0.2, -0.15) is 0 Å². The molecule has 2 N–H and O–H groups in total. The standard InChI is InChI=1S/C11H10FN3O4S/c1-19-6-2-3-7(12)8(4-6)15-10(18)13-14-11(15)20-5-9(16)17/h2-4H,5H2,1H3,(H,13,18)(H,16,17). The number of aromatic nitrogens is 3. The summed E-state index contributed by atoms with van der Waals surface area (Å²) in [5, 5.41) is 14.5. The van der Waals surface area contributed by atoms with Gasteiger partial charge in [0.2, 0.25) is 0 Å². The van der Waals surface area contributed by atoms with E-state index in [0.29, 0.717) is 5.75 Å². The van der Waals surface area contributed by atoms with Crippen LogP contribution in [0.4, 0.5) is 4.39 Å². The van der Waals surface area contributed by atoms with Crippen molar-refractivity contribution in [1.82, 2.24) is 14.8 Å². The summed E-state index contributed by atoms with van der Waals surface area (Å²) >= 11 is 0.807. The van der Waals surface area contributed by atoms with E-state index < -0.39 is 17.5 Å². The van der Waals surface area contributed by atoms with Gasteiger partial charge in [0, 0.05) is 6.07 Å². The van der Waals surface area contributed by atoms with Crippen molar-refractivity contribution in [1.29, 1.82) is 0 Å². The molecule has 0 saturated carbocycles. The van der Waals surface area contributed by atoms with Crippen LogP contribution in [0.3, 0.4) is 0 Å². The number of aromatic amines is 1. The smallest absolute Gasteiger partial charge is 0.348 e. The van der Waals surface area contributed by atoms with Crippen LogP contribution in [0.25, 0.3) is 5.69 Å². The predicted molar refractivity (Wildman–Crippen MR) is 69.1 cm³/mol. The van der Waals surface area contributed by atoms with Crippen molar-refractivity contribution in [2.45, 2.75) is 5.16 Å². The van der Waals surface area contributed by atoms with Gasteiger partial charge < -0.3 is 9.84 Å². The summed E-state index contributed by atoms with van der Waals surface area (Å²) in [6.45, 7) is 0. The SMILES string of the molecule is COc1ccc(F)c(-n2c(SCC(=O)O)n[nH]c2=O)c1. The third kappa shape index (κ3) is 2.82. The number of halogens is 1. The number of hydrogen-bond acceptors (Lipinski definition) is 5. The number of hydrogen-bond donors (Lipinski definition) is 2. The van der Waals surface area contributed by atoms with E-state index in [9.17, 15) is 14.0 Å². The number of thioether (sulfide) groups is 1. The van der Waals surface area contributed by atoms with Crippen LogP contribution in [-0.2, 0) is 4.79 Å². The average molecular weight is 299 g/mol. The lowest BCUT2D eigenvalue weighted by molar-refractivity contribution is -0.133. The van der Waals surface area contributed by atoms with E-state index in [1.165, 1.54) is 19.2 Å². The molecule has 0 aliphatic carbocycles. The van der Waals surface area contributed by atoms with E-state index in [1.807, 2.05) is 0 Å². The molecule has 0 fully saturated rings. The van der Waals surface area contributed by atoms with Crippen molar-refractivity contribution >= 4 is 17.7 Å². The summed E-state index contributed by atoms with van der Waals surface area (Å²) in [7, 11) is 1.41. The molecule has 0 unspecified atom stereocenters. The Balaban J connectivity index is 2.49. The second-order valence-electron chi connectivity index (χ2n) is 3.65. The molecule has 0 radical (unpaired) electrons. The van der Waals surface area contributed by atoms with Gasteiger partial charge in [0.05, 0.1) is 18.6 Å². The molecule has 1 aromatic carbocycles. The highest BCUT2D eigenvalue weighted by Crippen LogP contribution is 2.23. The van der Waals surface area contributed by atoms with Gasteiger partial charge in [-0.1, -0.05) is 11.8 Å². The molecule has 0 aliphatic heterocycles. The number of H-pyrrole nitrogens is 1. The van der Waals surface area contributed by atoms with Gasteiger partial charge in [-0.3, -0.25) is 4.79 Å². The number of nitrogens with one attached hydrogen (secondary N) is 1. The van der Waals surface area contributed by atoms with Gasteiger partial charge in [-0.05, 0) is 12.1 Å². The molecule has 0 spiro atoms. The largest absolute Gasteiger partial charge is 0.497 e. The molecule has 9 heteroatoms. The molecule has 0 amide bonds. The minimum absolute atomic E-state index is 0.0593. The zero-order valence-corrected chi connectivity index (χ0v) is 11.1. The molecule has 0 saturated heterocycles. The maximum Gasteiger partial charge on any atom is 0.348 e. The molecule has 20 heavy (non-hydrogen) atoms. The molecular weight excluding hydrogens is 289 g/mol. The van der Waals surface area contributed by atoms with Crippen molar-refractivity contribution in [2.24, 2.45) is 0 Å². The second-order valence-corrected chi connectivity index (χ2v) is 4.59. The van der Waals surface area contributed by atoms with Crippen LogP contribution >= 0.6 is 11.8 Å². The molecular formula is C11H10FN3O4S. The summed E-state index contributed by atoms with van der Waals surface area (Å²) in [6, 6.07) is 3.89. The lowest BCUT2D eigenvalue weighted by Crippen LogP contribution is -2.17. The molecule has 7 nitrogen and oxygen atoms in total. The van der Waals surface area contributed by atoms with Gasteiger partial charge in [0.15, 0.2) is 5.16 Å². The summed E-state index contributed by atoms with van der Waals surface area (Å²) in [4.78, 5) is 22.3. The molecule has 1 aromatic heterocycles. The first-order valence-corrected chi connectivity index (χ1v) is 6.37. The highest BCUT2D eigenvalue weighted by atomic mass is 32.2. The molecule has 2 aromatic rings. The average Bonchev–Trinajstić information content (AvgIpc) is 2.78. The predicted octanol–water partition coefficient (Wildman–Crippen LogP) is 0.885. The lowest BCUT2D eigenvalue weighted by Gasteiger charge is -2.08. The quantitative estimate of drug-likeness (QED) is 0.796. The molecule has 0 atom stereocenters. The Kier molecular flexibility index (Phi) is 4.08. The fourth-order valence-corrected chi connectivity index (χ4v) is 2.18. The second kappa shape index (κ2) is 5.78. The van der Waals surface area contributed by atoms with Gasteiger partial charge in [0.25, 0.3) is 0 Å². The Morgan fingerprint density at radius 2 is 2.35 bits per heavy atom. The van der Waals surface area contributed by atoms with E-state index in [4.69, 9.17) is 9.84 Å². The number of nitrogens with zero attached hydrogens (tertiary/aromatic N) is 2. The molecule has 2 rings (SSSR count). The van der Waals surface area contributed by atoms with Crippen molar-refractivity contribution in [3.8, 4) is 11.4 Å². The van der Waals surface area contributed by atoms with Gasteiger partial charge in [-0.25, -0.2) is 18.9 Å². The van der Waals surface area contributed by atoms with E-state index in [0.717, 1.165) is 22.4 Å². The monoisotopic (exact) mass is 299 g/mol. The number of benzene rings is 1. The molecule has 106 valence electrons. The number of ether oxygens (including phenoxy) is 1. The fourth-order valence-electron chi connectivity index (χ4n) is 1.51. The van der Waals surface area contributed by atoms with Gasteiger partial charge in [0.1, 0.15) is 11.6 Å². The van der Waals surface area contributed by atoms with Gasteiger partial charge in [-0.15, -0.1) is 5.10 Å². The van der Waals surface area contributed by atoms with Crippen LogP contribution < -0.4 is 10.4 Å².